The van der Waals surface area contributed by atoms with Crippen LogP contribution in [0.3, 0.4) is 0 Å². The smallest absolute Gasteiger partial charge is 0.230 e. The lowest BCUT2D eigenvalue weighted by atomic mass is 10.1. The van der Waals surface area contributed by atoms with E-state index in [-0.39, 0.29) is 12.3 Å². The van der Waals surface area contributed by atoms with Gasteiger partial charge in [-0.25, -0.2) is 0 Å². The molecule has 0 fully saturated rings. The molecule has 0 spiro atoms. The van der Waals surface area contributed by atoms with E-state index in [1.54, 1.807) is 29.6 Å². The number of carbonyl (C=O) groups is 2. The lowest BCUT2D eigenvalue weighted by Crippen LogP contribution is -2.94. The number of quaternary nitrogens is 1. The van der Waals surface area contributed by atoms with Crippen LogP contribution in [0.25, 0.3) is 0 Å². The van der Waals surface area contributed by atoms with Crippen molar-refractivity contribution in [2.45, 2.75) is 33.2 Å². The Morgan fingerprint density at radius 2 is 1.91 bits per heavy atom. The molecule has 0 radical (unpaired) electrons. The van der Waals surface area contributed by atoms with E-state index in [9.17, 15) is 14.7 Å². The first kappa shape index (κ1) is 18.0. The Morgan fingerprint density at radius 3 is 2.41 bits per heavy atom. The number of anilines is 1. The summed E-state index contributed by atoms with van der Waals surface area (Å²) in [4.78, 5) is 23.0. The van der Waals surface area contributed by atoms with E-state index < -0.39 is 12.0 Å². The fourth-order valence-electron chi connectivity index (χ4n) is 1.91. The minimum Gasteiger partial charge on any atom is -0.544 e. The summed E-state index contributed by atoms with van der Waals surface area (Å²) in [5, 5.41) is 15.4. The van der Waals surface area contributed by atoms with Crippen LogP contribution in [0.4, 0.5) is 5.69 Å². The molecule has 122 valence electrons. The van der Waals surface area contributed by atoms with Gasteiger partial charge in [-0.15, -0.1) is 0 Å². The molecule has 22 heavy (non-hydrogen) atoms. The van der Waals surface area contributed by atoms with Crippen molar-refractivity contribution in [3.63, 3.8) is 0 Å². The third-order valence-corrected chi connectivity index (χ3v) is 3.05. The zero-order valence-electron chi connectivity index (χ0n) is 13.3. The molecule has 6 nitrogen and oxygen atoms in total. The lowest BCUT2D eigenvalue weighted by Gasteiger charge is -2.17. The number of rotatable bonds is 9. The van der Waals surface area contributed by atoms with Gasteiger partial charge in [0.1, 0.15) is 11.8 Å². The third kappa shape index (κ3) is 6.58. The second-order valence-electron chi connectivity index (χ2n) is 5.50. The minimum atomic E-state index is -1.22. The topological polar surface area (TPSA) is 95.1 Å². The molecule has 1 aromatic rings. The molecule has 3 N–H and O–H groups in total. The second-order valence-corrected chi connectivity index (χ2v) is 5.50. The summed E-state index contributed by atoms with van der Waals surface area (Å²) in [6, 6.07) is 6.06. The van der Waals surface area contributed by atoms with Crippen molar-refractivity contribution in [2.75, 3.05) is 18.5 Å². The summed E-state index contributed by atoms with van der Waals surface area (Å²) in [5.41, 5.74) is 0.606. The SMILES string of the molecule is CCOc1ccc(NC(=O)C[C@@H]([NH2+]CC(C)C)C(=O)[O-])cc1. The molecule has 1 amide bonds. The van der Waals surface area contributed by atoms with Crippen LogP contribution in [0, 0.1) is 5.92 Å². The van der Waals surface area contributed by atoms with Gasteiger partial charge in [0, 0.05) is 11.6 Å². The van der Waals surface area contributed by atoms with Crippen molar-refractivity contribution in [3.8, 4) is 5.75 Å². The summed E-state index contributed by atoms with van der Waals surface area (Å²) in [7, 11) is 0. The first-order valence-electron chi connectivity index (χ1n) is 7.49. The van der Waals surface area contributed by atoms with E-state index in [0.29, 0.717) is 24.8 Å². The first-order chi connectivity index (χ1) is 10.4. The van der Waals surface area contributed by atoms with Gasteiger partial charge in [-0.2, -0.15) is 0 Å². The van der Waals surface area contributed by atoms with Gasteiger partial charge in [-0.1, -0.05) is 13.8 Å². The largest absolute Gasteiger partial charge is 0.544 e. The number of aliphatic carboxylic acids is 1. The zero-order chi connectivity index (χ0) is 16.5. The summed E-state index contributed by atoms with van der Waals surface area (Å²) in [6.45, 7) is 7.08. The monoisotopic (exact) mass is 308 g/mol. The van der Waals surface area contributed by atoms with Gasteiger partial charge >= 0.3 is 0 Å². The first-order valence-corrected chi connectivity index (χ1v) is 7.49. The number of benzene rings is 1. The highest BCUT2D eigenvalue weighted by molar-refractivity contribution is 5.93. The minimum absolute atomic E-state index is 0.123. The molecular formula is C16H24N2O4. The molecular weight excluding hydrogens is 284 g/mol. The molecule has 0 aromatic heterocycles. The Balaban J connectivity index is 2.53. The van der Waals surface area contributed by atoms with Gasteiger partial charge in [-0.05, 0) is 31.2 Å². The summed E-state index contributed by atoms with van der Waals surface area (Å²) in [6.07, 6.45) is -0.123. The predicted molar refractivity (Wildman–Crippen MR) is 81.3 cm³/mol. The molecule has 0 heterocycles. The molecule has 1 atom stereocenters. The lowest BCUT2D eigenvalue weighted by molar-refractivity contribution is -0.686. The van der Waals surface area contributed by atoms with E-state index in [4.69, 9.17) is 4.74 Å². The number of nitrogens with one attached hydrogen (secondary N) is 1. The number of carboxylic acids is 1. The van der Waals surface area contributed by atoms with E-state index in [2.05, 4.69) is 5.32 Å². The Bertz CT molecular complexity index is 485. The number of hydrogen-bond donors (Lipinski definition) is 2. The maximum Gasteiger partial charge on any atom is 0.230 e. The van der Waals surface area contributed by atoms with Crippen molar-refractivity contribution < 1.29 is 24.7 Å². The average Bonchev–Trinajstić information content (AvgIpc) is 2.45. The third-order valence-electron chi connectivity index (χ3n) is 3.05. The Morgan fingerprint density at radius 1 is 1.27 bits per heavy atom. The Hall–Kier alpha value is -2.08. The van der Waals surface area contributed by atoms with E-state index in [0.717, 1.165) is 5.75 Å². The highest BCUT2D eigenvalue weighted by Gasteiger charge is 2.18. The van der Waals surface area contributed by atoms with Crippen LogP contribution in [0.1, 0.15) is 27.2 Å². The van der Waals surface area contributed by atoms with Crippen molar-refractivity contribution in [1.29, 1.82) is 0 Å². The molecule has 0 aliphatic rings. The number of nitrogens with two attached hydrogens (primary N) is 1. The normalized spacial score (nSPS) is 12.0. The van der Waals surface area contributed by atoms with Gasteiger partial charge in [0.15, 0.2) is 0 Å². The van der Waals surface area contributed by atoms with Gasteiger partial charge in [-0.3, -0.25) is 4.79 Å². The highest BCUT2D eigenvalue weighted by atomic mass is 16.5. The number of carbonyl (C=O) groups excluding carboxylic acids is 2. The second kappa shape index (κ2) is 9.04. The van der Waals surface area contributed by atoms with Gasteiger partial charge in [0.05, 0.1) is 25.5 Å². The summed E-state index contributed by atoms with van der Waals surface area (Å²) < 4.78 is 5.31. The predicted octanol–water partition coefficient (Wildman–Crippen LogP) is -0.248. The molecule has 0 saturated heterocycles. The molecule has 0 bridgehead atoms. The summed E-state index contributed by atoms with van der Waals surface area (Å²) in [5.74, 6) is -0.504. The fraction of sp³-hybridized carbons (Fsp3) is 0.500. The maximum atomic E-state index is 11.9. The molecule has 0 aliphatic heterocycles. The van der Waals surface area contributed by atoms with E-state index >= 15 is 0 Å². The maximum absolute atomic E-state index is 11.9. The number of hydrogen-bond acceptors (Lipinski definition) is 4. The van der Waals surface area contributed by atoms with E-state index in [1.807, 2.05) is 20.8 Å². The van der Waals surface area contributed by atoms with Crippen LogP contribution in [-0.2, 0) is 9.59 Å². The average molecular weight is 308 g/mol. The van der Waals surface area contributed by atoms with Crippen LogP contribution in [0.2, 0.25) is 0 Å². The van der Waals surface area contributed by atoms with Gasteiger partial charge < -0.3 is 25.3 Å². The van der Waals surface area contributed by atoms with Gasteiger partial charge in [0.25, 0.3) is 0 Å². The Labute approximate surface area is 130 Å². The van der Waals surface area contributed by atoms with Crippen molar-refractivity contribution in [3.05, 3.63) is 24.3 Å². The molecule has 1 rings (SSSR count). The number of ether oxygens (including phenoxy) is 1. The molecule has 0 unspecified atom stereocenters. The number of amides is 1. The van der Waals surface area contributed by atoms with Crippen molar-refractivity contribution in [2.24, 2.45) is 5.92 Å². The van der Waals surface area contributed by atoms with Gasteiger partial charge in [0.2, 0.25) is 5.91 Å². The Kier molecular flexibility index (Phi) is 7.39. The van der Waals surface area contributed by atoms with Crippen molar-refractivity contribution >= 4 is 17.6 Å². The number of carboxylic acid groups (broad SMARTS) is 1. The standard InChI is InChI=1S/C16H24N2O4/c1-4-22-13-7-5-12(6-8-13)18-15(19)9-14(16(20)21)17-10-11(2)3/h5-8,11,14,17H,4,9-10H2,1-3H3,(H,18,19)(H,20,21)/t14-/m1/s1. The highest BCUT2D eigenvalue weighted by Crippen LogP contribution is 2.15. The quantitative estimate of drug-likeness (QED) is 0.658. The molecule has 0 saturated carbocycles. The van der Waals surface area contributed by atoms with Crippen LogP contribution in [-0.4, -0.2) is 31.1 Å². The van der Waals surface area contributed by atoms with Crippen LogP contribution >= 0.6 is 0 Å². The van der Waals surface area contributed by atoms with Crippen LogP contribution in [0.15, 0.2) is 24.3 Å². The van der Waals surface area contributed by atoms with Crippen molar-refractivity contribution in [1.82, 2.24) is 0 Å². The zero-order valence-corrected chi connectivity index (χ0v) is 13.3. The molecule has 6 heteroatoms. The molecule has 0 aliphatic carbocycles. The van der Waals surface area contributed by atoms with Crippen LogP contribution in [0.5, 0.6) is 5.75 Å². The molecule has 1 aromatic carbocycles. The summed E-state index contributed by atoms with van der Waals surface area (Å²) >= 11 is 0. The fourth-order valence-corrected chi connectivity index (χ4v) is 1.91. The van der Waals surface area contributed by atoms with E-state index in [1.165, 1.54) is 0 Å². The van der Waals surface area contributed by atoms with Crippen LogP contribution < -0.4 is 20.5 Å².